The molecule has 5 N–H and O–H groups in total. The molecule has 278 valence electrons. The van der Waals surface area contributed by atoms with E-state index in [1.54, 1.807) is 18.2 Å². The zero-order valence-corrected chi connectivity index (χ0v) is 30.0. The van der Waals surface area contributed by atoms with Gasteiger partial charge in [0, 0.05) is 24.0 Å². The molecule has 14 heteroatoms. The van der Waals surface area contributed by atoms with E-state index < -0.39 is 59.0 Å². The number of likely N-dealkylation sites (tertiary alicyclic amines) is 1. The molecule has 14 nitrogen and oxygen atoms in total. The Morgan fingerprint density at radius 3 is 2.37 bits per heavy atom. The molecule has 6 atom stereocenters. The van der Waals surface area contributed by atoms with E-state index in [0.29, 0.717) is 30.3 Å². The summed E-state index contributed by atoms with van der Waals surface area (Å²) >= 11 is 0. The van der Waals surface area contributed by atoms with Crippen molar-refractivity contribution in [2.24, 2.45) is 17.6 Å². The third-order valence-corrected chi connectivity index (χ3v) is 9.87. The molecule has 2 aliphatic rings. The van der Waals surface area contributed by atoms with Gasteiger partial charge in [-0.15, -0.1) is 10.1 Å². The predicted molar refractivity (Wildman–Crippen MR) is 194 cm³/mol. The summed E-state index contributed by atoms with van der Waals surface area (Å²) in [6.07, 6.45) is 3.19. The first-order valence-corrected chi connectivity index (χ1v) is 17.9. The van der Waals surface area contributed by atoms with Crippen molar-refractivity contribution in [3.8, 4) is 0 Å². The molecule has 0 bridgehead atoms. The minimum Gasteiger partial charge on any atom is -0.370 e. The lowest BCUT2D eigenvalue weighted by atomic mass is 9.72. The van der Waals surface area contributed by atoms with Crippen LogP contribution in [-0.2, 0) is 25.6 Å². The van der Waals surface area contributed by atoms with E-state index in [1.807, 2.05) is 68.1 Å². The molecule has 2 heterocycles. The molecule has 1 aliphatic heterocycles. The number of amides is 4. The van der Waals surface area contributed by atoms with E-state index >= 15 is 0 Å². The first-order valence-electron chi connectivity index (χ1n) is 17.9. The molecular weight excluding hydrogens is 666 g/mol. The second-order valence-corrected chi connectivity index (χ2v) is 15.0. The van der Waals surface area contributed by atoms with Gasteiger partial charge in [-0.05, 0) is 69.6 Å². The van der Waals surface area contributed by atoms with Crippen LogP contribution in [0.4, 0.5) is 0 Å². The Hall–Kier alpha value is -5.11. The molecule has 1 saturated heterocycles. The monoisotopic (exact) mass is 715 g/mol. The summed E-state index contributed by atoms with van der Waals surface area (Å²) in [5.74, 6) is -1.79. The summed E-state index contributed by atoms with van der Waals surface area (Å²) in [6.45, 7) is 6.24. The maximum absolute atomic E-state index is 14.0. The number of rotatable bonds is 14. The quantitative estimate of drug-likeness (QED) is 0.143. The van der Waals surface area contributed by atoms with Crippen LogP contribution in [0.15, 0.2) is 66.7 Å². The van der Waals surface area contributed by atoms with Crippen molar-refractivity contribution in [2.45, 2.75) is 95.5 Å². The topological polar surface area (TPSA) is 199 Å². The lowest BCUT2D eigenvalue weighted by Gasteiger charge is -2.47. The Morgan fingerprint density at radius 1 is 0.981 bits per heavy atom. The zero-order chi connectivity index (χ0) is 37.4. The van der Waals surface area contributed by atoms with Gasteiger partial charge in [-0.1, -0.05) is 73.9 Å². The van der Waals surface area contributed by atoms with Crippen molar-refractivity contribution in [3.05, 3.63) is 88.1 Å². The highest BCUT2D eigenvalue weighted by molar-refractivity contribution is 5.99. The number of aromatic nitrogens is 1. The zero-order valence-electron chi connectivity index (χ0n) is 30.0. The molecule has 3 aromatic rings. The van der Waals surface area contributed by atoms with E-state index in [4.69, 9.17) is 10.6 Å². The number of pyridine rings is 1. The second kappa shape index (κ2) is 16.9. The minimum absolute atomic E-state index is 0.0297. The minimum atomic E-state index is -1.42. The number of carbonyl (C=O) groups excluding carboxylic acids is 4. The Kier molecular flexibility index (Phi) is 12.4. The van der Waals surface area contributed by atoms with Crippen LogP contribution in [0.1, 0.15) is 75.3 Å². The largest absolute Gasteiger partial charge is 0.370 e. The number of hydrogen-bond donors (Lipinski definition) is 4. The van der Waals surface area contributed by atoms with E-state index in [1.165, 1.54) is 6.07 Å². The number of fused-ring (bicyclic) bond motifs is 2. The summed E-state index contributed by atoms with van der Waals surface area (Å²) in [5.41, 5.74) is 6.39. The van der Waals surface area contributed by atoms with Crippen molar-refractivity contribution in [3.63, 3.8) is 0 Å². The van der Waals surface area contributed by atoms with Gasteiger partial charge in [0.15, 0.2) is 0 Å². The van der Waals surface area contributed by atoms with Crippen molar-refractivity contribution in [1.29, 1.82) is 0 Å². The van der Waals surface area contributed by atoms with Crippen LogP contribution < -0.4 is 21.7 Å². The SMILES string of the molecule is CC(C)(C)NC(=O)[C@@H]1C[C@@H]2CCCC[C@@H]2CN1C[C@@H](O[N+](=O)[O-])[C@H](Cc1ccccc1)NC(=O)[C@H](CC(N)=O)NC(=O)c1ccc2ccccc2n1. The molecule has 4 amide bonds. The van der Waals surface area contributed by atoms with Gasteiger partial charge < -0.3 is 26.5 Å². The third kappa shape index (κ3) is 10.5. The standard InChI is InChI=1S/C38H49N7O7/c1-38(2,3)43-37(49)32-20-26-14-7-8-15-27(26)22-44(32)23-33(52-45(50)51)30(19-24-11-5-4-6-12-24)41-36(48)31(21-34(39)46)42-35(47)29-18-17-25-13-9-10-16-28(25)40-29/h4-6,9-13,16-18,26-27,30-33H,7-8,14-15,19-23H2,1-3H3,(H2,39,46)(H,41,48)(H,42,47)(H,43,49)/t26-,27+,30-,31-,32-,33+/m0/s1. The molecule has 52 heavy (non-hydrogen) atoms. The fourth-order valence-electron chi connectivity index (χ4n) is 7.46. The van der Waals surface area contributed by atoms with Crippen LogP contribution in [-0.4, -0.2) is 81.5 Å². The summed E-state index contributed by atoms with van der Waals surface area (Å²) < 4.78 is 0. The van der Waals surface area contributed by atoms with E-state index in [2.05, 4.69) is 20.9 Å². The number of benzene rings is 2. The number of nitrogens with one attached hydrogen (secondary N) is 3. The number of para-hydroxylation sites is 1. The van der Waals surface area contributed by atoms with Gasteiger partial charge in [0.1, 0.15) is 17.8 Å². The predicted octanol–water partition coefficient (Wildman–Crippen LogP) is 3.31. The van der Waals surface area contributed by atoms with Crippen molar-refractivity contribution in [2.75, 3.05) is 13.1 Å². The van der Waals surface area contributed by atoms with Gasteiger partial charge in [0.25, 0.3) is 11.0 Å². The van der Waals surface area contributed by atoms with Crippen LogP contribution >= 0.6 is 0 Å². The Balaban J connectivity index is 1.43. The average molecular weight is 716 g/mol. The van der Waals surface area contributed by atoms with E-state index in [0.717, 1.165) is 36.6 Å². The fourth-order valence-corrected chi connectivity index (χ4v) is 7.46. The molecule has 0 unspecified atom stereocenters. The first-order chi connectivity index (χ1) is 24.8. The molecule has 1 aromatic heterocycles. The molecule has 0 radical (unpaired) electrons. The highest BCUT2D eigenvalue weighted by Gasteiger charge is 2.43. The summed E-state index contributed by atoms with van der Waals surface area (Å²) in [4.78, 5) is 77.0. The second-order valence-electron chi connectivity index (χ2n) is 15.0. The molecule has 5 rings (SSSR count). The highest BCUT2D eigenvalue weighted by atomic mass is 17.0. The number of nitrogens with zero attached hydrogens (tertiary/aromatic N) is 3. The summed E-state index contributed by atoms with van der Waals surface area (Å²) in [6, 6.07) is 16.6. The van der Waals surface area contributed by atoms with Crippen molar-refractivity contribution in [1.82, 2.24) is 25.8 Å². The smallest absolute Gasteiger partial charge is 0.294 e. The molecule has 2 fully saturated rings. The molecule has 2 aromatic carbocycles. The number of piperidine rings is 1. The van der Waals surface area contributed by atoms with Gasteiger partial charge in [-0.2, -0.15) is 0 Å². The van der Waals surface area contributed by atoms with Crippen LogP contribution in [0.5, 0.6) is 0 Å². The Morgan fingerprint density at radius 2 is 1.67 bits per heavy atom. The Labute approximate surface area is 303 Å². The average Bonchev–Trinajstić information content (AvgIpc) is 3.09. The van der Waals surface area contributed by atoms with Crippen molar-refractivity contribution < 1.29 is 29.1 Å². The Bertz CT molecular complexity index is 1750. The molecule has 0 spiro atoms. The van der Waals surface area contributed by atoms with Crippen molar-refractivity contribution >= 4 is 34.5 Å². The van der Waals surface area contributed by atoms with Gasteiger partial charge in [-0.25, -0.2) is 4.98 Å². The highest BCUT2D eigenvalue weighted by Crippen LogP contribution is 2.39. The third-order valence-electron chi connectivity index (χ3n) is 9.87. The van der Waals surface area contributed by atoms with Gasteiger partial charge >= 0.3 is 0 Å². The van der Waals surface area contributed by atoms with Gasteiger partial charge in [-0.3, -0.25) is 24.1 Å². The first kappa shape index (κ1) is 38.1. The number of hydrogen-bond acceptors (Lipinski definition) is 9. The lowest BCUT2D eigenvalue weighted by molar-refractivity contribution is -0.769. The van der Waals surface area contributed by atoms with Crippen LogP contribution in [0.2, 0.25) is 0 Å². The molecule has 1 aliphatic carbocycles. The van der Waals surface area contributed by atoms with E-state index in [-0.39, 0.29) is 24.6 Å². The van der Waals surface area contributed by atoms with Crippen LogP contribution in [0.3, 0.4) is 0 Å². The summed E-state index contributed by atoms with van der Waals surface area (Å²) in [7, 11) is 0. The normalized spacial score (nSPS) is 20.8. The maximum atomic E-state index is 14.0. The van der Waals surface area contributed by atoms with Gasteiger partial charge in [0.05, 0.1) is 24.0 Å². The number of nitrogens with two attached hydrogens (primary N) is 1. The fraction of sp³-hybridized carbons (Fsp3) is 0.500. The van der Waals surface area contributed by atoms with Crippen LogP contribution in [0, 0.1) is 22.0 Å². The van der Waals surface area contributed by atoms with E-state index in [9.17, 15) is 29.3 Å². The summed E-state index contributed by atoms with van der Waals surface area (Å²) in [5, 5.41) is 20.5. The van der Waals surface area contributed by atoms with Gasteiger partial charge in [0.2, 0.25) is 17.7 Å². The maximum Gasteiger partial charge on any atom is 0.294 e. The molecular formula is C38H49N7O7. The van der Waals surface area contributed by atoms with Crippen LogP contribution in [0.25, 0.3) is 10.9 Å². The number of carbonyl (C=O) groups is 4. The number of primary amides is 1. The lowest BCUT2D eigenvalue weighted by Crippen LogP contribution is -2.61. The molecule has 1 saturated carbocycles.